The van der Waals surface area contributed by atoms with Crippen molar-refractivity contribution in [1.82, 2.24) is 10.2 Å². The number of rotatable bonds is 7. The Hall–Kier alpha value is -2.34. The van der Waals surface area contributed by atoms with Crippen LogP contribution in [0, 0.1) is 0 Å². The Morgan fingerprint density at radius 2 is 1.74 bits per heavy atom. The van der Waals surface area contributed by atoms with Crippen LogP contribution in [-0.4, -0.2) is 23.4 Å². The van der Waals surface area contributed by atoms with Gasteiger partial charge in [0.25, 0.3) is 5.91 Å². The van der Waals surface area contributed by atoms with Gasteiger partial charge in [0.15, 0.2) is 0 Å². The zero-order valence-electron chi connectivity index (χ0n) is 15.8. The van der Waals surface area contributed by atoms with Gasteiger partial charge in [-0.15, -0.1) is 0 Å². The summed E-state index contributed by atoms with van der Waals surface area (Å²) in [6.07, 6.45) is -4.39. The first-order chi connectivity index (χ1) is 12.7. The molecule has 0 bridgehead atoms. The number of nitrogens with one attached hydrogen (secondary N) is 1. The van der Waals surface area contributed by atoms with Crippen molar-refractivity contribution < 1.29 is 18.0 Å². The van der Waals surface area contributed by atoms with Crippen LogP contribution in [0.5, 0.6) is 0 Å². The average Bonchev–Trinajstić information content (AvgIpc) is 2.64. The zero-order valence-corrected chi connectivity index (χ0v) is 15.8. The summed E-state index contributed by atoms with van der Waals surface area (Å²) in [6, 6.07) is 12.7. The highest BCUT2D eigenvalue weighted by atomic mass is 19.4. The van der Waals surface area contributed by atoms with E-state index in [1.807, 2.05) is 12.1 Å². The maximum atomic E-state index is 12.7. The molecule has 2 rings (SSSR count). The van der Waals surface area contributed by atoms with Crippen molar-refractivity contribution >= 4 is 5.91 Å². The number of benzene rings is 2. The summed E-state index contributed by atoms with van der Waals surface area (Å²) in [6.45, 7) is 8.17. The van der Waals surface area contributed by atoms with Crippen LogP contribution in [0.1, 0.15) is 47.8 Å². The summed E-state index contributed by atoms with van der Waals surface area (Å²) in [4.78, 5) is 14.6. The molecule has 3 nitrogen and oxygen atoms in total. The third kappa shape index (κ3) is 6.10. The predicted molar refractivity (Wildman–Crippen MR) is 100 cm³/mol. The van der Waals surface area contributed by atoms with Gasteiger partial charge in [-0.25, -0.2) is 0 Å². The van der Waals surface area contributed by atoms with Crippen LogP contribution in [0.3, 0.4) is 0 Å². The van der Waals surface area contributed by atoms with E-state index in [-0.39, 0.29) is 12.5 Å². The second kappa shape index (κ2) is 9.04. The molecule has 0 heterocycles. The van der Waals surface area contributed by atoms with Gasteiger partial charge >= 0.3 is 6.18 Å². The Bertz CT molecular complexity index is 755. The molecule has 0 saturated heterocycles. The number of hydrogen-bond donors (Lipinski definition) is 1. The van der Waals surface area contributed by atoms with Gasteiger partial charge in [0.1, 0.15) is 0 Å². The number of nitrogens with zero attached hydrogens (tertiary/aromatic N) is 1. The smallest absolute Gasteiger partial charge is 0.348 e. The Kier molecular flexibility index (Phi) is 7.02. The topological polar surface area (TPSA) is 32.3 Å². The van der Waals surface area contributed by atoms with Crippen molar-refractivity contribution in [2.75, 3.05) is 6.54 Å². The van der Waals surface area contributed by atoms with Gasteiger partial charge in [0, 0.05) is 24.7 Å². The minimum Gasteiger partial charge on any atom is -0.348 e. The van der Waals surface area contributed by atoms with Crippen molar-refractivity contribution in [2.24, 2.45) is 0 Å². The number of halogens is 3. The quantitative estimate of drug-likeness (QED) is 0.746. The lowest BCUT2D eigenvalue weighted by Gasteiger charge is -2.24. The van der Waals surface area contributed by atoms with Gasteiger partial charge < -0.3 is 5.32 Å². The molecule has 0 atom stereocenters. The molecule has 0 unspecified atom stereocenters. The lowest BCUT2D eigenvalue weighted by atomic mass is 10.1. The molecule has 2 aromatic rings. The van der Waals surface area contributed by atoms with Crippen molar-refractivity contribution in [3.8, 4) is 0 Å². The number of carbonyl (C=O) groups excluding carboxylic acids is 1. The molecule has 0 aliphatic heterocycles. The van der Waals surface area contributed by atoms with E-state index in [0.29, 0.717) is 17.2 Å². The lowest BCUT2D eigenvalue weighted by Crippen LogP contribution is -2.30. The molecular formula is C21H25F3N2O. The molecule has 2 aromatic carbocycles. The summed E-state index contributed by atoms with van der Waals surface area (Å²) in [7, 11) is 0. The Morgan fingerprint density at radius 3 is 2.30 bits per heavy atom. The van der Waals surface area contributed by atoms with Gasteiger partial charge in [-0.05, 0) is 55.8 Å². The highest BCUT2D eigenvalue weighted by Crippen LogP contribution is 2.29. The number of carbonyl (C=O) groups is 1. The van der Waals surface area contributed by atoms with E-state index in [2.05, 4.69) is 31.0 Å². The molecule has 0 aliphatic rings. The average molecular weight is 378 g/mol. The van der Waals surface area contributed by atoms with Crippen LogP contribution in [0.15, 0.2) is 48.5 Å². The summed E-state index contributed by atoms with van der Waals surface area (Å²) < 4.78 is 38.2. The summed E-state index contributed by atoms with van der Waals surface area (Å²) in [5.74, 6) is -0.310. The molecule has 1 amide bonds. The SMILES string of the molecule is CCN(Cc1ccc(C(=O)NCc2cccc(C(F)(F)F)c2)cc1)C(C)C. The second-order valence-corrected chi connectivity index (χ2v) is 6.73. The van der Waals surface area contributed by atoms with Gasteiger partial charge in [0.05, 0.1) is 5.56 Å². The first-order valence-electron chi connectivity index (χ1n) is 8.98. The van der Waals surface area contributed by atoms with Gasteiger partial charge in [-0.2, -0.15) is 13.2 Å². The normalized spacial score (nSPS) is 11.9. The molecule has 0 spiro atoms. The minimum atomic E-state index is -4.39. The zero-order chi connectivity index (χ0) is 20.0. The molecule has 146 valence electrons. The summed E-state index contributed by atoms with van der Waals surface area (Å²) in [5.41, 5.74) is 1.29. The van der Waals surface area contributed by atoms with Crippen LogP contribution in [0.25, 0.3) is 0 Å². The van der Waals surface area contributed by atoms with Crippen molar-refractivity contribution in [3.05, 3.63) is 70.8 Å². The fraction of sp³-hybridized carbons (Fsp3) is 0.381. The van der Waals surface area contributed by atoms with E-state index in [0.717, 1.165) is 30.8 Å². The first kappa shape index (κ1) is 21.0. The maximum Gasteiger partial charge on any atom is 0.416 e. The van der Waals surface area contributed by atoms with Crippen molar-refractivity contribution in [1.29, 1.82) is 0 Å². The third-order valence-electron chi connectivity index (χ3n) is 4.45. The highest BCUT2D eigenvalue weighted by molar-refractivity contribution is 5.94. The molecule has 1 N–H and O–H groups in total. The molecular weight excluding hydrogens is 353 g/mol. The van der Waals surface area contributed by atoms with Crippen LogP contribution in [0.2, 0.25) is 0 Å². The van der Waals surface area contributed by atoms with E-state index in [9.17, 15) is 18.0 Å². The number of amides is 1. The molecule has 0 saturated carbocycles. The highest BCUT2D eigenvalue weighted by Gasteiger charge is 2.30. The van der Waals surface area contributed by atoms with Crippen molar-refractivity contribution in [2.45, 2.75) is 46.1 Å². The molecule has 27 heavy (non-hydrogen) atoms. The predicted octanol–water partition coefficient (Wildman–Crippen LogP) is 4.87. The van der Waals surface area contributed by atoms with Crippen LogP contribution < -0.4 is 5.32 Å². The molecule has 0 fully saturated rings. The lowest BCUT2D eigenvalue weighted by molar-refractivity contribution is -0.137. The molecule has 0 aromatic heterocycles. The molecule has 6 heteroatoms. The van der Waals surface area contributed by atoms with E-state index in [4.69, 9.17) is 0 Å². The fourth-order valence-electron chi connectivity index (χ4n) is 2.80. The molecule has 0 radical (unpaired) electrons. The summed E-state index contributed by atoms with van der Waals surface area (Å²) in [5, 5.41) is 2.67. The van der Waals surface area contributed by atoms with E-state index >= 15 is 0 Å². The Morgan fingerprint density at radius 1 is 1.07 bits per heavy atom. The van der Waals surface area contributed by atoms with E-state index < -0.39 is 11.7 Å². The van der Waals surface area contributed by atoms with Crippen LogP contribution >= 0.6 is 0 Å². The van der Waals surface area contributed by atoms with Crippen molar-refractivity contribution in [3.63, 3.8) is 0 Å². The number of alkyl halides is 3. The van der Waals surface area contributed by atoms with Gasteiger partial charge in [0.2, 0.25) is 0 Å². The Labute approximate surface area is 158 Å². The van der Waals surface area contributed by atoms with Crippen LogP contribution in [-0.2, 0) is 19.3 Å². The van der Waals surface area contributed by atoms with Gasteiger partial charge in [-0.1, -0.05) is 31.2 Å². The second-order valence-electron chi connectivity index (χ2n) is 6.73. The monoisotopic (exact) mass is 378 g/mol. The minimum absolute atomic E-state index is 0.0431. The van der Waals surface area contributed by atoms with Gasteiger partial charge in [-0.3, -0.25) is 9.69 Å². The molecule has 0 aliphatic carbocycles. The first-order valence-corrected chi connectivity index (χ1v) is 8.98. The van der Waals surface area contributed by atoms with Crippen LogP contribution in [0.4, 0.5) is 13.2 Å². The number of hydrogen-bond acceptors (Lipinski definition) is 2. The largest absolute Gasteiger partial charge is 0.416 e. The van der Waals surface area contributed by atoms with E-state index in [1.165, 1.54) is 6.07 Å². The van der Waals surface area contributed by atoms with E-state index in [1.54, 1.807) is 18.2 Å². The standard InChI is InChI=1S/C21H25F3N2O/c1-4-26(15(2)3)14-16-8-10-18(11-9-16)20(27)25-13-17-6-5-7-19(12-17)21(22,23)24/h5-12,15H,4,13-14H2,1-3H3,(H,25,27). The fourth-order valence-corrected chi connectivity index (χ4v) is 2.80. The Balaban J connectivity index is 1.97. The maximum absolute atomic E-state index is 12.7. The third-order valence-corrected chi connectivity index (χ3v) is 4.45. The summed E-state index contributed by atoms with van der Waals surface area (Å²) >= 11 is 0.